The first-order valence-corrected chi connectivity index (χ1v) is 9.02. The van der Waals surface area contributed by atoms with Gasteiger partial charge in [-0.25, -0.2) is 4.98 Å². The van der Waals surface area contributed by atoms with Gasteiger partial charge in [-0.15, -0.1) is 11.6 Å². The van der Waals surface area contributed by atoms with Crippen molar-refractivity contribution in [2.75, 3.05) is 18.0 Å². The van der Waals surface area contributed by atoms with Crippen molar-refractivity contribution in [3.8, 4) is 0 Å². The van der Waals surface area contributed by atoms with Gasteiger partial charge in [0.15, 0.2) is 0 Å². The monoisotopic (exact) mass is 306 g/mol. The van der Waals surface area contributed by atoms with Crippen LogP contribution in [0, 0.1) is 11.8 Å². The van der Waals surface area contributed by atoms with Gasteiger partial charge in [-0.3, -0.25) is 0 Å². The molecular formula is C18H27ClN2. The highest BCUT2D eigenvalue weighted by Crippen LogP contribution is 2.37. The van der Waals surface area contributed by atoms with E-state index in [9.17, 15) is 0 Å². The van der Waals surface area contributed by atoms with E-state index in [-0.39, 0.29) is 0 Å². The Morgan fingerprint density at radius 3 is 2.67 bits per heavy atom. The standard InChI is InChI=1S/C18H27ClN2/c1-13(2)17-9-14(11-19)10-18(20-17)21-8-7-15-5-3-4-6-16(15)12-21/h9-10,13,15-16H,3-8,11-12H2,1-2H3. The lowest BCUT2D eigenvalue weighted by atomic mass is 9.75. The number of fused-ring (bicyclic) bond motifs is 1. The van der Waals surface area contributed by atoms with Gasteiger partial charge in [0.25, 0.3) is 0 Å². The second-order valence-electron chi connectivity index (χ2n) is 7.09. The van der Waals surface area contributed by atoms with Crippen molar-refractivity contribution in [1.29, 1.82) is 0 Å². The van der Waals surface area contributed by atoms with E-state index in [1.54, 1.807) is 0 Å². The van der Waals surface area contributed by atoms with Gasteiger partial charge < -0.3 is 4.90 Å². The minimum absolute atomic E-state index is 0.458. The fourth-order valence-electron chi connectivity index (χ4n) is 3.94. The van der Waals surface area contributed by atoms with E-state index >= 15 is 0 Å². The zero-order valence-corrected chi connectivity index (χ0v) is 14.1. The Hall–Kier alpha value is -0.760. The average Bonchev–Trinajstić information content (AvgIpc) is 2.53. The summed E-state index contributed by atoms with van der Waals surface area (Å²) in [4.78, 5) is 7.42. The summed E-state index contributed by atoms with van der Waals surface area (Å²) in [5, 5.41) is 0. The molecule has 0 amide bonds. The number of hydrogen-bond donors (Lipinski definition) is 0. The van der Waals surface area contributed by atoms with Crippen LogP contribution in [-0.4, -0.2) is 18.1 Å². The van der Waals surface area contributed by atoms with E-state index in [1.165, 1.54) is 49.9 Å². The molecule has 2 fully saturated rings. The van der Waals surface area contributed by atoms with Gasteiger partial charge >= 0.3 is 0 Å². The molecule has 116 valence electrons. The second kappa shape index (κ2) is 6.56. The third-order valence-corrected chi connectivity index (χ3v) is 5.56. The molecule has 21 heavy (non-hydrogen) atoms. The summed E-state index contributed by atoms with van der Waals surface area (Å²) in [5.74, 6) is 4.04. The van der Waals surface area contributed by atoms with E-state index in [0.29, 0.717) is 11.8 Å². The van der Waals surface area contributed by atoms with Gasteiger partial charge in [0.05, 0.1) is 0 Å². The quantitative estimate of drug-likeness (QED) is 0.734. The molecule has 1 saturated heterocycles. The Kier molecular flexibility index (Phi) is 4.73. The van der Waals surface area contributed by atoms with Gasteiger partial charge in [0.2, 0.25) is 0 Å². The highest BCUT2D eigenvalue weighted by molar-refractivity contribution is 6.17. The predicted molar refractivity (Wildman–Crippen MR) is 90.2 cm³/mol. The van der Waals surface area contributed by atoms with Crippen LogP contribution in [0.3, 0.4) is 0 Å². The van der Waals surface area contributed by atoms with Crippen LogP contribution in [0.25, 0.3) is 0 Å². The summed E-state index contributed by atoms with van der Waals surface area (Å²) in [6, 6.07) is 4.36. The molecule has 3 heteroatoms. The number of rotatable bonds is 3. The first kappa shape index (κ1) is 15.1. The average molecular weight is 307 g/mol. The maximum atomic E-state index is 6.08. The molecule has 0 aromatic carbocycles. The van der Waals surface area contributed by atoms with Crippen LogP contribution in [0.1, 0.15) is 63.1 Å². The zero-order valence-electron chi connectivity index (χ0n) is 13.3. The van der Waals surface area contributed by atoms with Gasteiger partial charge in [-0.2, -0.15) is 0 Å². The molecule has 0 N–H and O–H groups in total. The zero-order chi connectivity index (χ0) is 14.8. The molecule has 0 radical (unpaired) electrons. The van der Waals surface area contributed by atoms with Gasteiger partial charge in [0, 0.05) is 24.7 Å². The van der Waals surface area contributed by atoms with E-state index < -0.39 is 0 Å². The maximum absolute atomic E-state index is 6.08. The lowest BCUT2D eigenvalue weighted by molar-refractivity contribution is 0.202. The summed E-state index contributed by atoms with van der Waals surface area (Å²) >= 11 is 6.08. The number of anilines is 1. The fourth-order valence-corrected chi connectivity index (χ4v) is 4.09. The van der Waals surface area contributed by atoms with Crippen LogP contribution in [0.5, 0.6) is 0 Å². The van der Waals surface area contributed by atoms with Crippen LogP contribution < -0.4 is 4.90 Å². The SMILES string of the molecule is CC(C)c1cc(CCl)cc(N2CCC3CCCCC3C2)n1. The number of aromatic nitrogens is 1. The molecule has 3 rings (SSSR count). The fraction of sp³-hybridized carbons (Fsp3) is 0.722. The molecule has 2 nitrogen and oxygen atoms in total. The van der Waals surface area contributed by atoms with E-state index in [0.717, 1.165) is 24.2 Å². The summed E-state index contributed by atoms with van der Waals surface area (Å²) in [6.45, 7) is 6.77. The number of alkyl halides is 1. The minimum atomic E-state index is 0.458. The topological polar surface area (TPSA) is 16.1 Å². The molecule has 1 saturated carbocycles. The molecule has 2 unspecified atom stereocenters. The molecule has 0 spiro atoms. The second-order valence-corrected chi connectivity index (χ2v) is 7.35. The van der Waals surface area contributed by atoms with Gasteiger partial charge in [-0.1, -0.05) is 33.1 Å². The van der Waals surface area contributed by atoms with Crippen LogP contribution in [0.15, 0.2) is 12.1 Å². The highest BCUT2D eigenvalue weighted by Gasteiger charge is 2.31. The number of pyridine rings is 1. The van der Waals surface area contributed by atoms with E-state index in [1.807, 2.05) is 0 Å². The minimum Gasteiger partial charge on any atom is -0.356 e. The summed E-state index contributed by atoms with van der Waals surface area (Å²) in [6.07, 6.45) is 7.06. The normalized spacial score (nSPS) is 26.0. The number of hydrogen-bond acceptors (Lipinski definition) is 2. The van der Waals surface area contributed by atoms with E-state index in [4.69, 9.17) is 16.6 Å². The summed E-state index contributed by atoms with van der Waals surface area (Å²) in [7, 11) is 0. The predicted octanol–water partition coefficient (Wildman–Crippen LogP) is 4.96. The molecular weight excluding hydrogens is 280 g/mol. The third-order valence-electron chi connectivity index (χ3n) is 5.25. The van der Waals surface area contributed by atoms with Crippen molar-refractivity contribution >= 4 is 17.4 Å². The molecule has 2 heterocycles. The maximum Gasteiger partial charge on any atom is 0.129 e. The van der Waals surface area contributed by atoms with Crippen molar-refractivity contribution in [2.24, 2.45) is 11.8 Å². The number of halogens is 1. The Balaban J connectivity index is 1.81. The van der Waals surface area contributed by atoms with Gasteiger partial charge in [0.1, 0.15) is 5.82 Å². The lowest BCUT2D eigenvalue weighted by Crippen LogP contribution is -2.42. The van der Waals surface area contributed by atoms with Gasteiger partial charge in [-0.05, 0) is 48.3 Å². The molecule has 2 aliphatic rings. The Labute approximate surface area is 133 Å². The largest absolute Gasteiger partial charge is 0.356 e. The van der Waals surface area contributed by atoms with Crippen molar-refractivity contribution in [2.45, 2.75) is 57.7 Å². The number of piperidine rings is 1. The van der Waals surface area contributed by atoms with Crippen LogP contribution in [0.2, 0.25) is 0 Å². The molecule has 1 aromatic heterocycles. The highest BCUT2D eigenvalue weighted by atomic mass is 35.5. The van der Waals surface area contributed by atoms with Crippen LogP contribution in [0.4, 0.5) is 5.82 Å². The molecule has 2 atom stereocenters. The molecule has 1 aliphatic heterocycles. The third kappa shape index (κ3) is 3.36. The first-order chi connectivity index (χ1) is 10.2. The summed E-state index contributed by atoms with van der Waals surface area (Å²) < 4.78 is 0. The molecule has 1 aliphatic carbocycles. The first-order valence-electron chi connectivity index (χ1n) is 8.49. The summed E-state index contributed by atoms with van der Waals surface area (Å²) in [5.41, 5.74) is 2.38. The van der Waals surface area contributed by atoms with Crippen LogP contribution >= 0.6 is 11.6 Å². The Bertz CT molecular complexity index is 486. The van der Waals surface area contributed by atoms with E-state index in [2.05, 4.69) is 30.9 Å². The molecule has 0 bridgehead atoms. The molecule has 1 aromatic rings. The Morgan fingerprint density at radius 2 is 1.95 bits per heavy atom. The Morgan fingerprint density at radius 1 is 1.19 bits per heavy atom. The van der Waals surface area contributed by atoms with Crippen molar-refractivity contribution < 1.29 is 0 Å². The lowest BCUT2D eigenvalue weighted by Gasteiger charge is -2.42. The number of nitrogens with zero attached hydrogens (tertiary/aromatic N) is 2. The van der Waals surface area contributed by atoms with Crippen molar-refractivity contribution in [3.05, 3.63) is 23.4 Å². The van der Waals surface area contributed by atoms with Crippen molar-refractivity contribution in [1.82, 2.24) is 4.98 Å². The van der Waals surface area contributed by atoms with Crippen molar-refractivity contribution in [3.63, 3.8) is 0 Å². The van der Waals surface area contributed by atoms with Crippen LogP contribution in [-0.2, 0) is 5.88 Å². The smallest absolute Gasteiger partial charge is 0.129 e.